The van der Waals surface area contributed by atoms with Gasteiger partial charge >= 0.3 is 0 Å². The minimum atomic E-state index is -0.426. The second-order valence-electron chi connectivity index (χ2n) is 3.70. The molecule has 17 heavy (non-hydrogen) atoms. The first-order valence-electron chi connectivity index (χ1n) is 5.29. The Morgan fingerprint density at radius 3 is 2.76 bits per heavy atom. The van der Waals surface area contributed by atoms with Gasteiger partial charge in [0.1, 0.15) is 11.6 Å². The predicted octanol–water partition coefficient (Wildman–Crippen LogP) is 2.65. The fraction of sp³-hybridized carbons (Fsp3) is 0.154. The van der Waals surface area contributed by atoms with Crippen molar-refractivity contribution in [2.75, 3.05) is 0 Å². The standard InChI is InChI=1S/C13H12F2N2/c14-12-3-4-13(15)11(6-12)9-17-8-10-2-1-5-16-7-10/h1-7,17H,8-9H2. The van der Waals surface area contributed by atoms with Crippen molar-refractivity contribution in [2.45, 2.75) is 13.1 Å². The Kier molecular flexibility index (Phi) is 3.77. The van der Waals surface area contributed by atoms with Gasteiger partial charge in [-0.05, 0) is 29.8 Å². The smallest absolute Gasteiger partial charge is 0.127 e. The molecule has 0 aliphatic heterocycles. The second-order valence-corrected chi connectivity index (χ2v) is 3.70. The maximum atomic E-state index is 13.3. The summed E-state index contributed by atoms with van der Waals surface area (Å²) in [5, 5.41) is 3.04. The zero-order valence-electron chi connectivity index (χ0n) is 9.16. The molecule has 0 saturated heterocycles. The lowest BCUT2D eigenvalue weighted by molar-refractivity contribution is 0.568. The van der Waals surface area contributed by atoms with E-state index in [1.54, 1.807) is 12.4 Å². The zero-order valence-corrected chi connectivity index (χ0v) is 9.16. The number of benzene rings is 1. The largest absolute Gasteiger partial charge is 0.308 e. The monoisotopic (exact) mass is 234 g/mol. The summed E-state index contributed by atoms with van der Waals surface area (Å²) in [5.74, 6) is -0.824. The molecular weight excluding hydrogens is 222 g/mol. The van der Waals surface area contributed by atoms with Crippen molar-refractivity contribution in [2.24, 2.45) is 0 Å². The summed E-state index contributed by atoms with van der Waals surface area (Å²) in [7, 11) is 0. The second kappa shape index (κ2) is 5.50. The van der Waals surface area contributed by atoms with Gasteiger partial charge in [-0.15, -0.1) is 0 Å². The van der Waals surface area contributed by atoms with Crippen LogP contribution in [0.2, 0.25) is 0 Å². The average Bonchev–Trinajstić information content (AvgIpc) is 2.35. The first-order valence-corrected chi connectivity index (χ1v) is 5.29. The van der Waals surface area contributed by atoms with Crippen LogP contribution in [0.4, 0.5) is 8.78 Å². The minimum absolute atomic E-state index is 0.290. The Balaban J connectivity index is 1.92. The van der Waals surface area contributed by atoms with E-state index in [2.05, 4.69) is 10.3 Å². The van der Waals surface area contributed by atoms with E-state index in [1.165, 1.54) is 6.07 Å². The maximum absolute atomic E-state index is 13.3. The van der Waals surface area contributed by atoms with Gasteiger partial charge in [-0.2, -0.15) is 0 Å². The van der Waals surface area contributed by atoms with Crippen LogP contribution in [0.15, 0.2) is 42.7 Å². The lowest BCUT2D eigenvalue weighted by atomic mass is 10.2. The van der Waals surface area contributed by atoms with Gasteiger partial charge in [0.05, 0.1) is 0 Å². The number of nitrogens with one attached hydrogen (secondary N) is 1. The molecular formula is C13H12F2N2. The van der Waals surface area contributed by atoms with Crippen molar-refractivity contribution in [3.05, 3.63) is 65.5 Å². The summed E-state index contributed by atoms with van der Waals surface area (Å²) in [4.78, 5) is 3.97. The minimum Gasteiger partial charge on any atom is -0.308 e. The molecule has 1 aromatic heterocycles. The van der Waals surface area contributed by atoms with Gasteiger partial charge in [0.2, 0.25) is 0 Å². The highest BCUT2D eigenvalue weighted by molar-refractivity contribution is 5.18. The Labute approximate surface area is 98.3 Å². The third-order valence-electron chi connectivity index (χ3n) is 2.38. The van der Waals surface area contributed by atoms with E-state index in [4.69, 9.17) is 0 Å². The molecule has 1 heterocycles. The Morgan fingerprint density at radius 1 is 1.12 bits per heavy atom. The molecule has 2 aromatic rings. The first kappa shape index (κ1) is 11.7. The molecule has 0 aliphatic rings. The maximum Gasteiger partial charge on any atom is 0.127 e. The van der Waals surface area contributed by atoms with Crippen LogP contribution in [0, 0.1) is 11.6 Å². The highest BCUT2D eigenvalue weighted by atomic mass is 19.1. The predicted molar refractivity (Wildman–Crippen MR) is 61.1 cm³/mol. The zero-order chi connectivity index (χ0) is 12.1. The van der Waals surface area contributed by atoms with Crippen molar-refractivity contribution >= 4 is 0 Å². The molecule has 0 bridgehead atoms. The van der Waals surface area contributed by atoms with Gasteiger partial charge in [0.15, 0.2) is 0 Å². The lowest BCUT2D eigenvalue weighted by Gasteiger charge is -2.06. The Morgan fingerprint density at radius 2 is 2.00 bits per heavy atom. The van der Waals surface area contributed by atoms with Crippen LogP contribution in [0.5, 0.6) is 0 Å². The van der Waals surface area contributed by atoms with Crippen LogP contribution in [-0.2, 0) is 13.1 Å². The molecule has 1 N–H and O–H groups in total. The van der Waals surface area contributed by atoms with Crippen LogP contribution in [0.3, 0.4) is 0 Å². The van der Waals surface area contributed by atoms with Gasteiger partial charge < -0.3 is 5.32 Å². The van der Waals surface area contributed by atoms with Crippen LogP contribution in [0.1, 0.15) is 11.1 Å². The third-order valence-corrected chi connectivity index (χ3v) is 2.38. The van der Waals surface area contributed by atoms with Crippen LogP contribution >= 0.6 is 0 Å². The Bertz CT molecular complexity index is 486. The summed E-state index contributed by atoms with van der Waals surface area (Å²) >= 11 is 0. The number of halogens is 2. The van der Waals surface area contributed by atoms with Crippen molar-refractivity contribution in [3.8, 4) is 0 Å². The molecule has 0 radical (unpaired) electrons. The molecule has 88 valence electrons. The van der Waals surface area contributed by atoms with Crippen molar-refractivity contribution in [1.82, 2.24) is 10.3 Å². The van der Waals surface area contributed by atoms with Gasteiger partial charge in [-0.25, -0.2) is 8.78 Å². The summed E-state index contributed by atoms with van der Waals surface area (Å²) in [5.41, 5.74) is 1.33. The lowest BCUT2D eigenvalue weighted by Crippen LogP contribution is -2.14. The van der Waals surface area contributed by atoms with Crippen LogP contribution in [0.25, 0.3) is 0 Å². The molecule has 0 aliphatic carbocycles. The van der Waals surface area contributed by atoms with Crippen LogP contribution in [-0.4, -0.2) is 4.98 Å². The fourth-order valence-electron chi connectivity index (χ4n) is 1.52. The van der Waals surface area contributed by atoms with Gasteiger partial charge in [-0.1, -0.05) is 6.07 Å². The van der Waals surface area contributed by atoms with E-state index < -0.39 is 11.6 Å². The van der Waals surface area contributed by atoms with Crippen LogP contribution < -0.4 is 5.32 Å². The molecule has 0 atom stereocenters. The molecule has 4 heteroatoms. The van der Waals surface area contributed by atoms with Crippen molar-refractivity contribution < 1.29 is 8.78 Å². The Hall–Kier alpha value is -1.81. The SMILES string of the molecule is Fc1ccc(F)c(CNCc2cccnc2)c1. The summed E-state index contributed by atoms with van der Waals surface area (Å²) in [6, 6.07) is 7.20. The fourth-order valence-corrected chi connectivity index (χ4v) is 1.52. The van der Waals surface area contributed by atoms with Crippen molar-refractivity contribution in [3.63, 3.8) is 0 Å². The summed E-state index contributed by atoms with van der Waals surface area (Å²) in [6.07, 6.45) is 3.42. The summed E-state index contributed by atoms with van der Waals surface area (Å²) < 4.78 is 26.2. The number of aromatic nitrogens is 1. The molecule has 0 fully saturated rings. The summed E-state index contributed by atoms with van der Waals surface area (Å²) in [6.45, 7) is 0.863. The number of hydrogen-bond acceptors (Lipinski definition) is 2. The van der Waals surface area contributed by atoms with E-state index in [-0.39, 0.29) is 0 Å². The number of pyridine rings is 1. The molecule has 2 nitrogen and oxygen atoms in total. The van der Waals surface area contributed by atoms with E-state index in [9.17, 15) is 8.78 Å². The molecule has 0 spiro atoms. The topological polar surface area (TPSA) is 24.9 Å². The van der Waals surface area contributed by atoms with Crippen molar-refractivity contribution in [1.29, 1.82) is 0 Å². The first-order chi connectivity index (χ1) is 8.25. The highest BCUT2D eigenvalue weighted by Crippen LogP contribution is 2.09. The molecule has 0 amide bonds. The van der Waals surface area contributed by atoms with Gasteiger partial charge in [0.25, 0.3) is 0 Å². The molecule has 2 rings (SSSR count). The quantitative estimate of drug-likeness (QED) is 0.879. The number of rotatable bonds is 4. The van der Waals surface area contributed by atoms with Gasteiger partial charge in [-0.3, -0.25) is 4.98 Å². The number of hydrogen-bond donors (Lipinski definition) is 1. The van der Waals surface area contributed by atoms with E-state index in [0.717, 1.165) is 17.7 Å². The normalized spacial score (nSPS) is 10.5. The van der Waals surface area contributed by atoms with Gasteiger partial charge in [0, 0.05) is 31.0 Å². The average molecular weight is 234 g/mol. The number of nitrogens with zero attached hydrogens (tertiary/aromatic N) is 1. The molecule has 0 saturated carbocycles. The van der Waals surface area contributed by atoms with E-state index in [0.29, 0.717) is 18.7 Å². The van der Waals surface area contributed by atoms with E-state index >= 15 is 0 Å². The molecule has 0 unspecified atom stereocenters. The highest BCUT2D eigenvalue weighted by Gasteiger charge is 2.03. The third kappa shape index (κ3) is 3.32. The molecule has 1 aromatic carbocycles. The van der Waals surface area contributed by atoms with E-state index in [1.807, 2.05) is 12.1 Å².